The predicted molar refractivity (Wildman–Crippen MR) is 108 cm³/mol. The second-order valence-electron chi connectivity index (χ2n) is 6.31. The molecule has 0 atom stereocenters. The quantitative estimate of drug-likeness (QED) is 0.496. The molecule has 0 spiro atoms. The number of pyridine rings is 1. The number of amides is 1. The number of aromatic nitrogens is 2. The van der Waals surface area contributed by atoms with E-state index in [-0.39, 0.29) is 17.4 Å². The summed E-state index contributed by atoms with van der Waals surface area (Å²) in [6.45, 7) is 1.73. The van der Waals surface area contributed by atoms with Crippen molar-refractivity contribution in [3.8, 4) is 17.0 Å². The van der Waals surface area contributed by atoms with Crippen LogP contribution in [0.2, 0.25) is 5.02 Å². The number of fused-ring (bicyclic) bond motifs is 1. The van der Waals surface area contributed by atoms with Crippen LogP contribution in [0.25, 0.3) is 22.4 Å². The first-order valence-corrected chi connectivity index (χ1v) is 9.02. The Kier molecular flexibility index (Phi) is 4.90. The summed E-state index contributed by atoms with van der Waals surface area (Å²) in [7, 11) is 1.51. The van der Waals surface area contributed by atoms with Gasteiger partial charge in [-0.1, -0.05) is 16.8 Å². The van der Waals surface area contributed by atoms with Crippen molar-refractivity contribution < 1.29 is 18.4 Å². The van der Waals surface area contributed by atoms with Gasteiger partial charge in [-0.3, -0.25) is 4.79 Å². The van der Waals surface area contributed by atoms with Crippen LogP contribution >= 0.6 is 11.6 Å². The van der Waals surface area contributed by atoms with Crippen molar-refractivity contribution in [2.75, 3.05) is 12.4 Å². The fraction of sp³-hybridized carbons (Fsp3) is 0.0952. The van der Waals surface area contributed by atoms with Crippen molar-refractivity contribution in [3.63, 3.8) is 0 Å². The molecule has 0 aliphatic rings. The molecule has 0 saturated carbocycles. The number of hydrogen-bond acceptors (Lipinski definition) is 5. The van der Waals surface area contributed by atoms with Gasteiger partial charge in [0.2, 0.25) is 0 Å². The van der Waals surface area contributed by atoms with Crippen molar-refractivity contribution >= 4 is 34.3 Å². The molecule has 4 aromatic rings. The van der Waals surface area contributed by atoms with E-state index in [4.69, 9.17) is 20.9 Å². The Morgan fingerprint density at radius 1 is 1.17 bits per heavy atom. The first kappa shape index (κ1) is 18.9. The molecule has 4 rings (SSSR count). The molecule has 1 N–H and O–H groups in total. The fourth-order valence-electron chi connectivity index (χ4n) is 2.98. The molecule has 0 bridgehead atoms. The molecule has 2 aromatic carbocycles. The van der Waals surface area contributed by atoms with Crippen LogP contribution in [-0.4, -0.2) is 23.2 Å². The summed E-state index contributed by atoms with van der Waals surface area (Å²) in [6, 6.07) is 12.4. The standard InChI is InChI=1S/C21H15ClFN3O3/c1-11-19-15(20(27)24-14-7-8-18(28-2)16(22)9-14)10-17(25-21(19)29-26-11)12-3-5-13(23)6-4-12/h3-10H,1-2H3,(H,24,27). The van der Waals surface area contributed by atoms with E-state index >= 15 is 0 Å². The zero-order chi connectivity index (χ0) is 20.5. The van der Waals surface area contributed by atoms with E-state index in [1.165, 1.54) is 19.2 Å². The zero-order valence-electron chi connectivity index (χ0n) is 15.5. The van der Waals surface area contributed by atoms with Crippen LogP contribution in [0.4, 0.5) is 10.1 Å². The van der Waals surface area contributed by atoms with E-state index in [0.29, 0.717) is 44.4 Å². The van der Waals surface area contributed by atoms with Gasteiger partial charge in [-0.15, -0.1) is 0 Å². The highest BCUT2D eigenvalue weighted by molar-refractivity contribution is 6.32. The maximum Gasteiger partial charge on any atom is 0.259 e. The number of hydrogen-bond donors (Lipinski definition) is 1. The summed E-state index contributed by atoms with van der Waals surface area (Å²) in [6.07, 6.45) is 0. The monoisotopic (exact) mass is 411 g/mol. The Balaban J connectivity index is 1.77. The molecular weight excluding hydrogens is 397 g/mol. The Morgan fingerprint density at radius 2 is 1.93 bits per heavy atom. The fourth-order valence-corrected chi connectivity index (χ4v) is 3.24. The van der Waals surface area contributed by atoms with Gasteiger partial charge in [-0.2, -0.15) is 0 Å². The molecule has 0 fully saturated rings. The Hall–Kier alpha value is -3.45. The van der Waals surface area contributed by atoms with Gasteiger partial charge in [0.1, 0.15) is 11.6 Å². The summed E-state index contributed by atoms with van der Waals surface area (Å²) >= 11 is 6.14. The van der Waals surface area contributed by atoms with Crippen LogP contribution in [-0.2, 0) is 0 Å². The van der Waals surface area contributed by atoms with Crippen LogP contribution < -0.4 is 10.1 Å². The first-order chi connectivity index (χ1) is 14.0. The van der Waals surface area contributed by atoms with Crippen LogP contribution in [0.3, 0.4) is 0 Å². The number of nitrogens with zero attached hydrogens (tertiary/aromatic N) is 2. The molecule has 146 valence electrons. The molecule has 8 heteroatoms. The number of aryl methyl sites for hydroxylation is 1. The van der Waals surface area contributed by atoms with Crippen molar-refractivity contribution in [3.05, 3.63) is 70.6 Å². The molecule has 1 amide bonds. The molecular formula is C21H15ClFN3O3. The van der Waals surface area contributed by atoms with Crippen molar-refractivity contribution in [2.45, 2.75) is 6.92 Å². The van der Waals surface area contributed by atoms with E-state index in [2.05, 4.69) is 15.5 Å². The van der Waals surface area contributed by atoms with Gasteiger partial charge in [-0.05, 0) is 55.5 Å². The van der Waals surface area contributed by atoms with Crippen LogP contribution in [0.1, 0.15) is 16.1 Å². The minimum absolute atomic E-state index is 0.224. The number of rotatable bonds is 4. The SMILES string of the molecule is COc1ccc(NC(=O)c2cc(-c3ccc(F)cc3)nc3onc(C)c23)cc1Cl. The summed E-state index contributed by atoms with van der Waals surface area (Å²) in [4.78, 5) is 17.5. The van der Waals surface area contributed by atoms with Gasteiger partial charge in [0.05, 0.1) is 34.5 Å². The van der Waals surface area contributed by atoms with Gasteiger partial charge in [0.25, 0.3) is 11.6 Å². The average Bonchev–Trinajstić information content (AvgIpc) is 3.09. The van der Waals surface area contributed by atoms with E-state index in [1.807, 2.05) is 0 Å². The number of nitrogens with one attached hydrogen (secondary N) is 1. The third kappa shape index (κ3) is 3.64. The molecule has 2 aromatic heterocycles. The molecule has 0 radical (unpaired) electrons. The van der Waals surface area contributed by atoms with Crippen molar-refractivity contribution in [2.24, 2.45) is 0 Å². The number of halogens is 2. The highest BCUT2D eigenvalue weighted by atomic mass is 35.5. The lowest BCUT2D eigenvalue weighted by Crippen LogP contribution is -2.13. The highest BCUT2D eigenvalue weighted by Crippen LogP contribution is 2.30. The summed E-state index contributed by atoms with van der Waals surface area (Å²) in [5.74, 6) is -0.238. The van der Waals surface area contributed by atoms with Crippen molar-refractivity contribution in [1.82, 2.24) is 10.1 Å². The minimum atomic E-state index is -0.381. The van der Waals surface area contributed by atoms with Gasteiger partial charge < -0.3 is 14.6 Å². The first-order valence-electron chi connectivity index (χ1n) is 8.64. The Labute approximate surface area is 170 Å². The number of ether oxygens (including phenoxy) is 1. The molecule has 0 aliphatic heterocycles. The lowest BCUT2D eigenvalue weighted by atomic mass is 10.0. The number of anilines is 1. The van der Waals surface area contributed by atoms with E-state index in [9.17, 15) is 9.18 Å². The van der Waals surface area contributed by atoms with Gasteiger partial charge in [-0.25, -0.2) is 9.37 Å². The summed E-state index contributed by atoms with van der Waals surface area (Å²) < 4.78 is 23.7. The lowest BCUT2D eigenvalue weighted by molar-refractivity contribution is 0.102. The van der Waals surface area contributed by atoms with Gasteiger partial charge >= 0.3 is 0 Å². The zero-order valence-corrected chi connectivity index (χ0v) is 16.2. The average molecular weight is 412 g/mol. The number of carbonyl (C=O) groups is 1. The van der Waals surface area contributed by atoms with Gasteiger partial charge in [0.15, 0.2) is 0 Å². The van der Waals surface area contributed by atoms with Crippen molar-refractivity contribution in [1.29, 1.82) is 0 Å². The number of carbonyl (C=O) groups excluding carboxylic acids is 1. The van der Waals surface area contributed by atoms with E-state index < -0.39 is 0 Å². The Bertz CT molecular complexity index is 1220. The third-order valence-electron chi connectivity index (χ3n) is 4.41. The molecule has 29 heavy (non-hydrogen) atoms. The maximum absolute atomic E-state index is 13.3. The third-order valence-corrected chi connectivity index (χ3v) is 4.71. The molecule has 2 heterocycles. The highest BCUT2D eigenvalue weighted by Gasteiger charge is 2.20. The molecule has 0 aliphatic carbocycles. The second kappa shape index (κ2) is 7.52. The Morgan fingerprint density at radius 3 is 2.62 bits per heavy atom. The number of benzene rings is 2. The second-order valence-corrected chi connectivity index (χ2v) is 6.72. The predicted octanol–water partition coefficient (Wildman–Crippen LogP) is 5.25. The molecule has 0 unspecified atom stereocenters. The summed E-state index contributed by atoms with van der Waals surface area (Å²) in [5.41, 5.74) is 2.71. The van der Waals surface area contributed by atoms with Crippen LogP contribution in [0, 0.1) is 12.7 Å². The number of methoxy groups -OCH3 is 1. The van der Waals surface area contributed by atoms with Crippen LogP contribution in [0.5, 0.6) is 5.75 Å². The normalized spacial score (nSPS) is 10.9. The van der Waals surface area contributed by atoms with Gasteiger partial charge in [0, 0.05) is 11.3 Å². The van der Waals surface area contributed by atoms with Crippen LogP contribution in [0.15, 0.2) is 53.1 Å². The largest absolute Gasteiger partial charge is 0.495 e. The molecule has 6 nitrogen and oxygen atoms in total. The topological polar surface area (TPSA) is 77.2 Å². The summed E-state index contributed by atoms with van der Waals surface area (Å²) in [5, 5.41) is 7.61. The maximum atomic E-state index is 13.3. The minimum Gasteiger partial charge on any atom is -0.495 e. The molecule has 0 saturated heterocycles. The smallest absolute Gasteiger partial charge is 0.259 e. The van der Waals surface area contributed by atoms with E-state index in [1.54, 1.807) is 43.3 Å². The lowest BCUT2D eigenvalue weighted by Gasteiger charge is -2.10. The van der Waals surface area contributed by atoms with E-state index in [0.717, 1.165) is 0 Å².